The van der Waals surface area contributed by atoms with E-state index in [1.807, 2.05) is 0 Å². The van der Waals surface area contributed by atoms with Gasteiger partial charge in [0, 0.05) is 47.4 Å². The van der Waals surface area contributed by atoms with Crippen molar-refractivity contribution in [2.24, 2.45) is 35.5 Å². The number of benzene rings is 2. The molecule has 4 nitrogen and oxygen atoms in total. The normalized spacial score (nSPS) is 39.6. The molecule has 260 valence electrons. The van der Waals surface area contributed by atoms with Crippen LogP contribution in [0.15, 0.2) is 24.3 Å². The monoisotopic (exact) mass is 650 g/mol. The minimum absolute atomic E-state index is 0.205. The van der Waals surface area contributed by atoms with Crippen LogP contribution in [0.2, 0.25) is 0 Å². The van der Waals surface area contributed by atoms with Gasteiger partial charge in [0.2, 0.25) is 0 Å². The summed E-state index contributed by atoms with van der Waals surface area (Å²) < 4.78 is 0. The predicted octanol–water partition coefficient (Wildman–Crippen LogP) is 9.53. The molecule has 0 saturated heterocycles. The molecule has 9 aliphatic rings. The van der Waals surface area contributed by atoms with Crippen molar-refractivity contribution in [3.05, 3.63) is 57.6 Å². The third kappa shape index (κ3) is 5.37. The van der Waals surface area contributed by atoms with Gasteiger partial charge in [0.25, 0.3) is 0 Å². The summed E-state index contributed by atoms with van der Waals surface area (Å²) in [5.74, 6) is 6.45. The van der Waals surface area contributed by atoms with E-state index in [-0.39, 0.29) is 10.8 Å². The van der Waals surface area contributed by atoms with E-state index < -0.39 is 0 Å². The largest absolute Gasteiger partial charge is 0.507 e. The van der Waals surface area contributed by atoms with Gasteiger partial charge in [-0.05, 0) is 164 Å². The van der Waals surface area contributed by atoms with E-state index in [0.717, 1.165) is 59.7 Å². The fourth-order valence-electron chi connectivity index (χ4n) is 14.5. The summed E-state index contributed by atoms with van der Waals surface area (Å²) in [5.41, 5.74) is 7.86. The molecule has 11 rings (SSSR count). The van der Waals surface area contributed by atoms with Gasteiger partial charge < -0.3 is 10.2 Å². The SMILES string of the molecule is Cc1cc(CN(C)[C@@H]2CCCC[C@H]2N(C)Cc2cc(C)cc(C34CC5CC(CC(C5)C3)C4)c2O)c(O)c(C23CC4CC(CC(C4)C2)C3)c1. The molecule has 0 amide bonds. The van der Waals surface area contributed by atoms with Crippen molar-refractivity contribution in [2.45, 2.75) is 153 Å². The average molecular weight is 651 g/mol. The average Bonchev–Trinajstić information content (AvgIpc) is 3.02. The van der Waals surface area contributed by atoms with Crippen molar-refractivity contribution >= 4 is 0 Å². The fourth-order valence-corrected chi connectivity index (χ4v) is 14.5. The highest BCUT2D eigenvalue weighted by Crippen LogP contribution is 2.63. The number of aryl methyl sites for hydroxylation is 2. The first-order chi connectivity index (χ1) is 23.1. The minimum atomic E-state index is 0.205. The van der Waals surface area contributed by atoms with Crippen molar-refractivity contribution in [3.8, 4) is 11.5 Å². The molecule has 0 unspecified atom stereocenters. The number of likely N-dealkylation sites (N-methyl/N-ethyl adjacent to an activating group) is 2. The van der Waals surface area contributed by atoms with E-state index in [2.05, 4.69) is 62.0 Å². The number of nitrogens with zero attached hydrogens (tertiary/aromatic N) is 2. The third-order valence-corrected chi connectivity index (χ3v) is 15.6. The maximum Gasteiger partial charge on any atom is 0.123 e. The minimum Gasteiger partial charge on any atom is -0.507 e. The predicted molar refractivity (Wildman–Crippen MR) is 194 cm³/mol. The molecule has 9 fully saturated rings. The molecule has 9 aliphatic carbocycles. The molecule has 4 heteroatoms. The Morgan fingerprint density at radius 3 is 1.17 bits per heavy atom. The van der Waals surface area contributed by atoms with Gasteiger partial charge in [-0.2, -0.15) is 0 Å². The molecule has 0 radical (unpaired) electrons. The Morgan fingerprint density at radius 1 is 0.542 bits per heavy atom. The summed E-state index contributed by atoms with van der Waals surface area (Å²) in [5, 5.41) is 24.0. The molecular formula is C44H62N2O2. The van der Waals surface area contributed by atoms with E-state index in [9.17, 15) is 10.2 Å². The first-order valence-electron chi connectivity index (χ1n) is 20.1. The summed E-state index contributed by atoms with van der Waals surface area (Å²) in [6, 6.07) is 10.1. The lowest BCUT2D eigenvalue weighted by atomic mass is 9.48. The third-order valence-electron chi connectivity index (χ3n) is 15.6. The molecule has 9 saturated carbocycles. The molecule has 48 heavy (non-hydrogen) atoms. The van der Waals surface area contributed by atoms with Gasteiger partial charge in [-0.3, -0.25) is 9.80 Å². The van der Waals surface area contributed by atoms with Gasteiger partial charge in [0.1, 0.15) is 11.5 Å². The van der Waals surface area contributed by atoms with Gasteiger partial charge in [-0.15, -0.1) is 0 Å². The maximum atomic E-state index is 12.0. The molecule has 2 aromatic rings. The van der Waals surface area contributed by atoms with Crippen molar-refractivity contribution in [1.29, 1.82) is 0 Å². The molecule has 0 heterocycles. The van der Waals surface area contributed by atoms with Crippen LogP contribution in [0.25, 0.3) is 0 Å². The molecule has 2 atom stereocenters. The van der Waals surface area contributed by atoms with Crippen LogP contribution in [0.4, 0.5) is 0 Å². The van der Waals surface area contributed by atoms with E-state index in [4.69, 9.17) is 0 Å². The molecule has 8 bridgehead atoms. The Balaban J connectivity index is 0.947. The second-order valence-corrected chi connectivity index (χ2v) is 19.3. The van der Waals surface area contributed by atoms with Crippen molar-refractivity contribution in [1.82, 2.24) is 9.80 Å². The number of aromatic hydroxyl groups is 2. The number of hydrogen-bond acceptors (Lipinski definition) is 4. The highest BCUT2D eigenvalue weighted by Gasteiger charge is 2.54. The number of phenols is 2. The Labute approximate surface area is 290 Å². The van der Waals surface area contributed by atoms with Crippen LogP contribution in [-0.2, 0) is 23.9 Å². The number of hydrogen-bond donors (Lipinski definition) is 2. The van der Waals surface area contributed by atoms with Crippen LogP contribution in [-0.4, -0.2) is 46.2 Å². The van der Waals surface area contributed by atoms with Gasteiger partial charge in [-0.1, -0.05) is 48.2 Å². The standard InChI is InChI=1S/C44H62N2O2/c1-27-9-35(41(47)37(11-27)43-19-29-13-30(20-43)15-31(14-29)21-43)25-45(3)39-7-5-6-8-40(39)46(4)26-36-10-28(2)12-38(42(36)48)44-22-32-16-33(23-44)18-34(17-32)24-44/h9-12,29-34,39-40,47-48H,5-8,13-26H2,1-4H3/t29?,30?,31?,32?,33?,34?,39-,40-,43?,44?/m1/s1. The van der Waals surface area contributed by atoms with Crippen molar-refractivity contribution < 1.29 is 10.2 Å². The Morgan fingerprint density at radius 2 is 0.854 bits per heavy atom. The van der Waals surface area contributed by atoms with E-state index in [1.165, 1.54) is 125 Å². The molecule has 2 N–H and O–H groups in total. The lowest BCUT2D eigenvalue weighted by Gasteiger charge is -2.57. The Hall–Kier alpha value is -2.04. The second kappa shape index (κ2) is 11.8. The lowest BCUT2D eigenvalue weighted by Crippen LogP contribution is -2.50. The first kappa shape index (κ1) is 31.9. The van der Waals surface area contributed by atoms with Crippen molar-refractivity contribution in [3.63, 3.8) is 0 Å². The fraction of sp³-hybridized carbons (Fsp3) is 0.727. The quantitative estimate of drug-likeness (QED) is 0.299. The van der Waals surface area contributed by atoms with Crippen LogP contribution in [0.5, 0.6) is 11.5 Å². The highest BCUT2D eigenvalue weighted by molar-refractivity contribution is 5.50. The molecule has 2 aromatic carbocycles. The zero-order valence-electron chi connectivity index (χ0n) is 30.4. The van der Waals surface area contributed by atoms with E-state index in [0.29, 0.717) is 23.6 Å². The zero-order valence-corrected chi connectivity index (χ0v) is 30.4. The van der Waals surface area contributed by atoms with Gasteiger partial charge in [0.05, 0.1) is 0 Å². The van der Waals surface area contributed by atoms with E-state index >= 15 is 0 Å². The van der Waals surface area contributed by atoms with E-state index in [1.54, 1.807) is 0 Å². The molecule has 0 spiro atoms. The smallest absolute Gasteiger partial charge is 0.123 e. The topological polar surface area (TPSA) is 46.9 Å². The van der Waals surface area contributed by atoms with Gasteiger partial charge in [-0.25, -0.2) is 0 Å². The lowest BCUT2D eigenvalue weighted by molar-refractivity contribution is -0.00648. The van der Waals surface area contributed by atoms with Crippen LogP contribution >= 0.6 is 0 Å². The zero-order chi connectivity index (χ0) is 32.9. The maximum absolute atomic E-state index is 12.0. The van der Waals surface area contributed by atoms with Crippen LogP contribution in [0.1, 0.15) is 136 Å². The Kier molecular flexibility index (Phi) is 7.82. The van der Waals surface area contributed by atoms with Crippen LogP contribution in [0.3, 0.4) is 0 Å². The highest BCUT2D eigenvalue weighted by atomic mass is 16.3. The molecule has 0 aromatic heterocycles. The Bertz CT molecular complexity index is 1370. The van der Waals surface area contributed by atoms with Gasteiger partial charge in [0.15, 0.2) is 0 Å². The summed E-state index contributed by atoms with van der Waals surface area (Å²) in [4.78, 5) is 5.13. The number of rotatable bonds is 8. The van der Waals surface area contributed by atoms with Crippen molar-refractivity contribution in [2.75, 3.05) is 14.1 Å². The summed E-state index contributed by atoms with van der Waals surface area (Å²) in [7, 11) is 4.61. The molecule has 0 aliphatic heterocycles. The van der Waals surface area contributed by atoms with Gasteiger partial charge >= 0.3 is 0 Å². The second-order valence-electron chi connectivity index (χ2n) is 19.3. The summed E-state index contributed by atoms with van der Waals surface area (Å²) in [6.07, 6.45) is 21.2. The summed E-state index contributed by atoms with van der Waals surface area (Å²) >= 11 is 0. The molecular weight excluding hydrogens is 588 g/mol. The first-order valence-corrected chi connectivity index (χ1v) is 20.1. The number of phenolic OH excluding ortho intramolecular Hbond substituents is 2. The van der Waals surface area contributed by atoms with Crippen LogP contribution < -0.4 is 0 Å². The van der Waals surface area contributed by atoms with Crippen LogP contribution in [0, 0.1) is 49.4 Å². The summed E-state index contributed by atoms with van der Waals surface area (Å²) in [6.45, 7) is 6.09.